The van der Waals surface area contributed by atoms with Crippen LogP contribution in [-0.2, 0) is 9.53 Å². The molecule has 0 saturated heterocycles. The van der Waals surface area contributed by atoms with E-state index in [0.29, 0.717) is 41.4 Å². The molecule has 4 saturated carbocycles. The van der Waals surface area contributed by atoms with Crippen LogP contribution in [0.15, 0.2) is 30.3 Å². The van der Waals surface area contributed by atoms with Crippen molar-refractivity contribution in [2.45, 2.75) is 84.3 Å². The summed E-state index contributed by atoms with van der Waals surface area (Å²) in [7, 11) is 0. The van der Waals surface area contributed by atoms with Crippen molar-refractivity contribution >= 4 is 11.8 Å². The fourth-order valence-corrected chi connectivity index (χ4v) is 8.61. The highest BCUT2D eigenvalue weighted by molar-refractivity contribution is 5.89. The zero-order chi connectivity index (χ0) is 22.7. The summed E-state index contributed by atoms with van der Waals surface area (Å²) >= 11 is 0. The molecule has 0 aliphatic heterocycles. The van der Waals surface area contributed by atoms with Gasteiger partial charge in [0, 0.05) is 18.3 Å². The van der Waals surface area contributed by atoms with E-state index in [1.54, 1.807) is 12.1 Å². The van der Waals surface area contributed by atoms with Crippen LogP contribution in [0.1, 0.15) is 82.5 Å². The quantitative estimate of drug-likeness (QED) is 0.639. The number of ketones is 1. The number of hydrogen-bond acceptors (Lipinski definition) is 4. The molecule has 0 unspecified atom stereocenters. The van der Waals surface area contributed by atoms with E-state index in [4.69, 9.17) is 4.74 Å². The van der Waals surface area contributed by atoms with Gasteiger partial charge in [0.25, 0.3) is 0 Å². The molecule has 9 atom stereocenters. The SMILES string of the molecule is C[C@H](OC(=O)c1ccccc1)[C@H]1CC[C@H]2[C@@H]3C(=O)C[C@H]4C[C@H](O)CC[C@]4(C)[C@H]3CC[C@]12C. The molecule has 5 rings (SSSR count). The van der Waals surface area contributed by atoms with Gasteiger partial charge in [-0.15, -0.1) is 0 Å². The topological polar surface area (TPSA) is 63.6 Å². The lowest BCUT2D eigenvalue weighted by molar-refractivity contribution is -0.161. The molecule has 4 fully saturated rings. The van der Waals surface area contributed by atoms with Crippen molar-refractivity contribution in [3.05, 3.63) is 35.9 Å². The Morgan fingerprint density at radius 1 is 1.03 bits per heavy atom. The average Bonchev–Trinajstić information content (AvgIpc) is 3.13. The van der Waals surface area contributed by atoms with E-state index >= 15 is 0 Å². The fraction of sp³-hybridized carbons (Fsp3) is 0.714. The van der Waals surface area contributed by atoms with Crippen LogP contribution in [0.5, 0.6) is 0 Å². The molecular weight excluding hydrogens is 400 g/mol. The minimum atomic E-state index is -0.247. The summed E-state index contributed by atoms with van der Waals surface area (Å²) in [5.41, 5.74) is 0.830. The first-order valence-corrected chi connectivity index (χ1v) is 12.7. The maximum atomic E-state index is 13.5. The molecule has 4 aliphatic carbocycles. The molecule has 1 N–H and O–H groups in total. The first kappa shape index (κ1) is 22.1. The minimum absolute atomic E-state index is 0.0462. The molecule has 0 bridgehead atoms. The highest BCUT2D eigenvalue weighted by Crippen LogP contribution is 2.67. The van der Waals surface area contributed by atoms with Crippen molar-refractivity contribution in [2.24, 2.45) is 40.4 Å². The Balaban J connectivity index is 1.35. The van der Waals surface area contributed by atoms with E-state index in [2.05, 4.69) is 13.8 Å². The van der Waals surface area contributed by atoms with Crippen molar-refractivity contribution in [2.75, 3.05) is 0 Å². The van der Waals surface area contributed by atoms with Crippen LogP contribution in [-0.4, -0.2) is 29.1 Å². The normalized spacial score (nSPS) is 44.2. The predicted molar refractivity (Wildman–Crippen MR) is 123 cm³/mol. The Bertz CT molecular complexity index is 881. The first-order chi connectivity index (χ1) is 15.2. The summed E-state index contributed by atoms with van der Waals surface area (Å²) in [5, 5.41) is 10.2. The van der Waals surface area contributed by atoms with Crippen LogP contribution in [0.2, 0.25) is 0 Å². The van der Waals surface area contributed by atoms with Crippen LogP contribution < -0.4 is 0 Å². The molecule has 0 aromatic heterocycles. The second-order valence-corrected chi connectivity index (χ2v) is 11.7. The molecule has 174 valence electrons. The van der Waals surface area contributed by atoms with Gasteiger partial charge < -0.3 is 9.84 Å². The standard InChI is InChI=1S/C28H38O4/c1-17(32-26(31)18-7-5-4-6-8-18)21-9-10-22-25-23(12-14-28(21,22)3)27(2)13-11-20(29)15-19(27)16-24(25)30/h4-8,17,19-23,25,29H,9-16H2,1-3H3/t17-,19+,20+,21+,22-,23-,25-,27-,28+/m0/s1. The highest BCUT2D eigenvalue weighted by Gasteiger charge is 2.63. The summed E-state index contributed by atoms with van der Waals surface area (Å²) in [6.45, 7) is 6.82. The molecule has 0 heterocycles. The van der Waals surface area contributed by atoms with Gasteiger partial charge in [-0.2, -0.15) is 0 Å². The number of Topliss-reactive ketones (excluding diaryl/α,β-unsaturated/α-hetero) is 1. The van der Waals surface area contributed by atoms with Gasteiger partial charge in [-0.3, -0.25) is 4.79 Å². The number of aliphatic hydroxyl groups excluding tert-OH is 1. The number of fused-ring (bicyclic) bond motifs is 5. The molecule has 4 heteroatoms. The van der Waals surface area contributed by atoms with E-state index < -0.39 is 0 Å². The summed E-state index contributed by atoms with van der Waals surface area (Å²) in [4.78, 5) is 26.2. The Labute approximate surface area is 192 Å². The Morgan fingerprint density at radius 2 is 1.72 bits per heavy atom. The first-order valence-electron chi connectivity index (χ1n) is 12.7. The van der Waals surface area contributed by atoms with E-state index in [1.807, 2.05) is 25.1 Å². The van der Waals surface area contributed by atoms with E-state index in [0.717, 1.165) is 44.9 Å². The Hall–Kier alpha value is -1.68. The van der Waals surface area contributed by atoms with Crippen molar-refractivity contribution in [1.82, 2.24) is 0 Å². The molecular formula is C28H38O4. The van der Waals surface area contributed by atoms with Crippen LogP contribution in [0.4, 0.5) is 0 Å². The van der Waals surface area contributed by atoms with Gasteiger partial charge in [-0.1, -0.05) is 32.0 Å². The van der Waals surface area contributed by atoms with Gasteiger partial charge >= 0.3 is 5.97 Å². The van der Waals surface area contributed by atoms with Gasteiger partial charge in [0.15, 0.2) is 0 Å². The number of benzene rings is 1. The smallest absolute Gasteiger partial charge is 0.338 e. The Kier molecular flexibility index (Phi) is 5.51. The zero-order valence-corrected chi connectivity index (χ0v) is 19.8. The third-order valence-electron chi connectivity index (χ3n) is 10.4. The lowest BCUT2D eigenvalue weighted by Crippen LogP contribution is -2.57. The van der Waals surface area contributed by atoms with Gasteiger partial charge in [-0.25, -0.2) is 4.79 Å². The molecule has 0 radical (unpaired) electrons. The lowest BCUT2D eigenvalue weighted by Gasteiger charge is -2.60. The number of esters is 1. The van der Waals surface area contributed by atoms with E-state index in [-0.39, 0.29) is 34.9 Å². The second-order valence-electron chi connectivity index (χ2n) is 11.7. The van der Waals surface area contributed by atoms with Crippen molar-refractivity contribution in [3.8, 4) is 0 Å². The summed E-state index contributed by atoms with van der Waals surface area (Å²) in [6.07, 6.45) is 7.25. The monoisotopic (exact) mass is 438 g/mol. The van der Waals surface area contributed by atoms with Gasteiger partial charge in [-0.05, 0) is 92.6 Å². The van der Waals surface area contributed by atoms with Crippen LogP contribution in [0.25, 0.3) is 0 Å². The number of carbonyl (C=O) groups excluding carboxylic acids is 2. The van der Waals surface area contributed by atoms with Gasteiger partial charge in [0.1, 0.15) is 11.9 Å². The molecule has 1 aromatic carbocycles. The lowest BCUT2D eigenvalue weighted by atomic mass is 9.44. The Morgan fingerprint density at radius 3 is 2.47 bits per heavy atom. The van der Waals surface area contributed by atoms with Crippen molar-refractivity contribution in [1.29, 1.82) is 0 Å². The molecule has 0 amide bonds. The summed E-state index contributed by atoms with van der Waals surface area (Å²) in [5.74, 6) is 1.81. The van der Waals surface area contributed by atoms with Crippen LogP contribution in [0.3, 0.4) is 0 Å². The van der Waals surface area contributed by atoms with E-state index in [1.165, 1.54) is 0 Å². The van der Waals surface area contributed by atoms with Gasteiger partial charge in [0.05, 0.1) is 11.7 Å². The fourth-order valence-electron chi connectivity index (χ4n) is 8.61. The highest BCUT2D eigenvalue weighted by atomic mass is 16.5. The number of carbonyl (C=O) groups is 2. The summed E-state index contributed by atoms with van der Waals surface area (Å²) < 4.78 is 5.96. The minimum Gasteiger partial charge on any atom is -0.459 e. The molecule has 32 heavy (non-hydrogen) atoms. The van der Waals surface area contributed by atoms with E-state index in [9.17, 15) is 14.7 Å². The van der Waals surface area contributed by atoms with Crippen LogP contribution >= 0.6 is 0 Å². The number of rotatable bonds is 3. The molecule has 1 aromatic rings. The molecule has 4 nitrogen and oxygen atoms in total. The molecule has 0 spiro atoms. The maximum absolute atomic E-state index is 13.5. The zero-order valence-electron chi connectivity index (χ0n) is 19.8. The number of aliphatic hydroxyl groups is 1. The predicted octanol–water partition coefficient (Wildman–Crippen LogP) is 5.43. The average molecular weight is 439 g/mol. The van der Waals surface area contributed by atoms with Crippen molar-refractivity contribution in [3.63, 3.8) is 0 Å². The van der Waals surface area contributed by atoms with Crippen molar-refractivity contribution < 1.29 is 19.4 Å². The number of ether oxygens (including phenoxy) is 1. The maximum Gasteiger partial charge on any atom is 0.338 e. The third kappa shape index (κ3) is 3.36. The number of hydrogen-bond donors (Lipinski definition) is 1. The largest absolute Gasteiger partial charge is 0.459 e. The second kappa shape index (κ2) is 7.97. The summed E-state index contributed by atoms with van der Waals surface area (Å²) in [6, 6.07) is 9.24. The van der Waals surface area contributed by atoms with Crippen LogP contribution in [0, 0.1) is 40.4 Å². The third-order valence-corrected chi connectivity index (χ3v) is 10.4. The molecule has 4 aliphatic rings. The van der Waals surface area contributed by atoms with Gasteiger partial charge in [0.2, 0.25) is 0 Å².